The van der Waals surface area contributed by atoms with Gasteiger partial charge < -0.3 is 25.7 Å². The van der Waals surface area contributed by atoms with Crippen molar-refractivity contribution in [2.75, 3.05) is 13.1 Å². The zero-order valence-electron chi connectivity index (χ0n) is 24.8. The number of hydrogen-bond donors (Lipinski definition) is 4. The number of nitrogens with two attached hydrogens (primary N) is 1. The maximum absolute atomic E-state index is 14.4. The molecule has 0 radical (unpaired) electrons. The molecule has 0 spiro atoms. The number of likely N-dealkylation sites (tertiary alicyclic amines) is 1. The molecular formula is C33H40N6O4. The molecule has 2 aromatic carbocycles. The van der Waals surface area contributed by atoms with Crippen LogP contribution >= 0.6 is 0 Å². The first-order valence-electron chi connectivity index (χ1n) is 15.1. The standard InChI is InChI=1S/C33H40N6O4/c1-21(2)18-25(34)31(40)39(33(43)38-16-10-3-4-11-17-38)27(19-23-20-35-26-15-9-8-14-24(23)26)30-36-28(29(37-30)32(41)42)22-12-6-5-7-13-22/h5-9,12-15,20-21,25,27,35H,3-4,10-11,16-19,34H2,1-2H3,(H,36,37)(H,41,42)/t25-,27+/m0/s1. The highest BCUT2D eigenvalue weighted by Gasteiger charge is 2.39. The second kappa shape index (κ2) is 13.2. The number of carbonyl (C=O) groups is 3. The molecule has 226 valence electrons. The lowest BCUT2D eigenvalue weighted by Gasteiger charge is -2.35. The number of benzene rings is 2. The number of imide groups is 1. The molecule has 2 aromatic heterocycles. The Kier molecular flexibility index (Phi) is 9.25. The first kappa shape index (κ1) is 30.0. The van der Waals surface area contributed by atoms with Gasteiger partial charge in [0.25, 0.3) is 0 Å². The number of carboxylic acid groups (broad SMARTS) is 1. The van der Waals surface area contributed by atoms with Crippen LogP contribution in [0.1, 0.15) is 73.9 Å². The van der Waals surface area contributed by atoms with Crippen molar-refractivity contribution in [3.05, 3.63) is 77.9 Å². The smallest absolute Gasteiger partial charge is 0.356 e. The van der Waals surface area contributed by atoms with E-state index in [-0.39, 0.29) is 23.9 Å². The van der Waals surface area contributed by atoms with Crippen molar-refractivity contribution in [2.24, 2.45) is 11.7 Å². The zero-order valence-corrected chi connectivity index (χ0v) is 24.8. The molecule has 3 heterocycles. The van der Waals surface area contributed by atoms with E-state index in [0.29, 0.717) is 30.8 Å². The molecule has 1 aliphatic rings. The number of aromatic carboxylic acids is 1. The summed E-state index contributed by atoms with van der Waals surface area (Å²) in [5.41, 5.74) is 9.04. The SMILES string of the molecule is CC(C)C[C@H](N)C(=O)N(C(=O)N1CCCCCC1)[C@H](Cc1c[nH]c2ccccc12)c1nc(C(=O)O)c(-c2ccccc2)[nH]1. The quantitative estimate of drug-likeness (QED) is 0.197. The number of nitrogens with one attached hydrogen (secondary N) is 2. The fourth-order valence-electron chi connectivity index (χ4n) is 5.92. The molecule has 3 amide bonds. The molecule has 5 rings (SSSR count). The molecule has 10 heteroatoms. The van der Waals surface area contributed by atoms with Gasteiger partial charge in [-0.1, -0.05) is 75.2 Å². The van der Waals surface area contributed by atoms with Crippen LogP contribution in [-0.4, -0.2) is 66.9 Å². The predicted molar refractivity (Wildman–Crippen MR) is 165 cm³/mol. The molecule has 2 atom stereocenters. The number of nitrogens with zero attached hydrogens (tertiary/aromatic N) is 3. The van der Waals surface area contributed by atoms with E-state index in [1.54, 1.807) is 17.0 Å². The molecule has 1 aliphatic heterocycles. The number of fused-ring (bicyclic) bond motifs is 1. The van der Waals surface area contributed by atoms with E-state index in [4.69, 9.17) is 5.73 Å². The van der Waals surface area contributed by atoms with Crippen LogP contribution in [0.15, 0.2) is 60.8 Å². The van der Waals surface area contributed by atoms with Crippen LogP contribution in [0.4, 0.5) is 4.79 Å². The van der Waals surface area contributed by atoms with E-state index < -0.39 is 30.0 Å². The van der Waals surface area contributed by atoms with Crippen molar-refractivity contribution in [1.82, 2.24) is 24.8 Å². The number of rotatable bonds is 9. The van der Waals surface area contributed by atoms with Crippen LogP contribution in [0, 0.1) is 5.92 Å². The Labute approximate surface area is 251 Å². The molecule has 5 N–H and O–H groups in total. The summed E-state index contributed by atoms with van der Waals surface area (Å²) >= 11 is 0. The number of aromatic nitrogens is 3. The average molecular weight is 585 g/mol. The molecule has 1 fully saturated rings. The largest absolute Gasteiger partial charge is 0.476 e. The maximum atomic E-state index is 14.4. The first-order valence-corrected chi connectivity index (χ1v) is 15.1. The van der Waals surface area contributed by atoms with Crippen LogP contribution in [0.3, 0.4) is 0 Å². The van der Waals surface area contributed by atoms with Gasteiger partial charge in [0, 0.05) is 42.2 Å². The Morgan fingerprint density at radius 1 is 1.00 bits per heavy atom. The van der Waals surface area contributed by atoms with Crippen molar-refractivity contribution in [3.63, 3.8) is 0 Å². The highest BCUT2D eigenvalue weighted by molar-refractivity contribution is 5.98. The van der Waals surface area contributed by atoms with Gasteiger partial charge in [-0.05, 0) is 36.8 Å². The molecule has 0 saturated carbocycles. The van der Waals surface area contributed by atoms with E-state index in [2.05, 4.69) is 15.0 Å². The van der Waals surface area contributed by atoms with E-state index in [9.17, 15) is 19.5 Å². The number of para-hydroxylation sites is 1. The van der Waals surface area contributed by atoms with Gasteiger partial charge in [-0.15, -0.1) is 0 Å². The monoisotopic (exact) mass is 584 g/mol. The number of aromatic amines is 2. The van der Waals surface area contributed by atoms with Crippen molar-refractivity contribution in [2.45, 2.75) is 64.5 Å². The fraction of sp³-hybridized carbons (Fsp3) is 0.394. The summed E-state index contributed by atoms with van der Waals surface area (Å²) in [4.78, 5) is 55.1. The van der Waals surface area contributed by atoms with Crippen LogP contribution in [0.2, 0.25) is 0 Å². The summed E-state index contributed by atoms with van der Waals surface area (Å²) in [5.74, 6) is -1.36. The summed E-state index contributed by atoms with van der Waals surface area (Å²) in [7, 11) is 0. The van der Waals surface area contributed by atoms with Crippen LogP contribution in [0.5, 0.6) is 0 Å². The molecule has 0 unspecified atom stereocenters. The van der Waals surface area contributed by atoms with E-state index >= 15 is 0 Å². The lowest BCUT2D eigenvalue weighted by molar-refractivity contribution is -0.132. The molecule has 10 nitrogen and oxygen atoms in total. The van der Waals surface area contributed by atoms with Gasteiger partial charge in [-0.2, -0.15) is 0 Å². The van der Waals surface area contributed by atoms with Crippen molar-refractivity contribution >= 4 is 28.8 Å². The number of carbonyl (C=O) groups excluding carboxylic acids is 2. The lowest BCUT2D eigenvalue weighted by Crippen LogP contribution is -2.54. The second-order valence-electron chi connectivity index (χ2n) is 11.7. The average Bonchev–Trinajstić information content (AvgIpc) is 3.52. The normalized spacial score (nSPS) is 15.3. The van der Waals surface area contributed by atoms with Gasteiger partial charge in [0.05, 0.1) is 11.7 Å². The topological polar surface area (TPSA) is 148 Å². The lowest BCUT2D eigenvalue weighted by atomic mass is 9.99. The minimum Gasteiger partial charge on any atom is -0.476 e. The first-order chi connectivity index (χ1) is 20.7. The minimum atomic E-state index is -1.21. The number of imidazole rings is 1. The summed E-state index contributed by atoms with van der Waals surface area (Å²) in [5, 5.41) is 11.1. The highest BCUT2D eigenvalue weighted by atomic mass is 16.4. The molecular weight excluding hydrogens is 544 g/mol. The van der Waals surface area contributed by atoms with E-state index in [1.807, 2.05) is 62.5 Å². The number of amides is 3. The van der Waals surface area contributed by atoms with Gasteiger partial charge in [0.1, 0.15) is 11.9 Å². The molecule has 1 saturated heterocycles. The Balaban J connectivity index is 1.67. The molecule has 0 aliphatic carbocycles. The van der Waals surface area contributed by atoms with E-state index in [0.717, 1.165) is 42.1 Å². The van der Waals surface area contributed by atoms with Crippen LogP contribution in [0.25, 0.3) is 22.2 Å². The zero-order chi connectivity index (χ0) is 30.5. The second-order valence-corrected chi connectivity index (χ2v) is 11.7. The van der Waals surface area contributed by atoms with Gasteiger partial charge in [0.2, 0.25) is 5.91 Å². The van der Waals surface area contributed by atoms with Crippen LogP contribution < -0.4 is 5.73 Å². The number of urea groups is 1. The third kappa shape index (κ3) is 6.64. The third-order valence-corrected chi connectivity index (χ3v) is 8.07. The summed E-state index contributed by atoms with van der Waals surface area (Å²) < 4.78 is 0. The van der Waals surface area contributed by atoms with Gasteiger partial charge in [-0.3, -0.25) is 9.69 Å². The Hall–Kier alpha value is -4.44. The number of H-pyrrole nitrogens is 2. The summed E-state index contributed by atoms with van der Waals surface area (Å²) in [6, 6.07) is 14.6. The predicted octanol–water partition coefficient (Wildman–Crippen LogP) is 5.74. The van der Waals surface area contributed by atoms with Gasteiger partial charge >= 0.3 is 12.0 Å². The maximum Gasteiger partial charge on any atom is 0.356 e. The Bertz CT molecular complexity index is 1570. The third-order valence-electron chi connectivity index (χ3n) is 8.07. The van der Waals surface area contributed by atoms with Gasteiger partial charge in [-0.25, -0.2) is 14.6 Å². The van der Waals surface area contributed by atoms with Crippen molar-refractivity contribution < 1.29 is 19.5 Å². The fourth-order valence-corrected chi connectivity index (χ4v) is 5.92. The summed E-state index contributed by atoms with van der Waals surface area (Å²) in [6.45, 7) is 5.04. The molecule has 43 heavy (non-hydrogen) atoms. The number of hydrogen-bond acceptors (Lipinski definition) is 5. The van der Waals surface area contributed by atoms with Crippen LogP contribution in [-0.2, 0) is 11.2 Å². The van der Waals surface area contributed by atoms with E-state index in [1.165, 1.54) is 4.90 Å². The minimum absolute atomic E-state index is 0.132. The van der Waals surface area contributed by atoms with Gasteiger partial charge in [0.15, 0.2) is 5.69 Å². The molecule has 4 aromatic rings. The summed E-state index contributed by atoms with van der Waals surface area (Å²) in [6.07, 6.45) is 6.21. The van der Waals surface area contributed by atoms with Crippen molar-refractivity contribution in [3.8, 4) is 11.3 Å². The highest BCUT2D eigenvalue weighted by Crippen LogP contribution is 2.33. The Morgan fingerprint density at radius 3 is 2.35 bits per heavy atom. The molecule has 0 bridgehead atoms. The van der Waals surface area contributed by atoms with Crippen molar-refractivity contribution in [1.29, 1.82) is 0 Å². The Morgan fingerprint density at radius 2 is 1.67 bits per heavy atom. The number of carboxylic acids is 1.